The van der Waals surface area contributed by atoms with Crippen molar-refractivity contribution in [2.45, 2.75) is 51.0 Å². The highest BCUT2D eigenvalue weighted by molar-refractivity contribution is 5.85. The Morgan fingerprint density at radius 3 is 2.50 bits per heavy atom. The molecule has 0 radical (unpaired) electrons. The molecular weight excluding hydrogens is 283 g/mol. The van der Waals surface area contributed by atoms with Crippen molar-refractivity contribution in [1.82, 2.24) is 10.6 Å². The van der Waals surface area contributed by atoms with Crippen molar-refractivity contribution in [3.8, 4) is 0 Å². The molecule has 1 aliphatic carbocycles. The minimum Gasteiger partial charge on any atom is -0.352 e. The van der Waals surface area contributed by atoms with Gasteiger partial charge in [-0.3, -0.25) is 9.59 Å². The molecule has 1 aromatic rings. The summed E-state index contributed by atoms with van der Waals surface area (Å²) >= 11 is 0. The number of rotatable bonds is 8. The summed E-state index contributed by atoms with van der Waals surface area (Å²) in [6.45, 7) is 2.08. The maximum absolute atomic E-state index is 13.0. The standard InChI is InChI=1S/C17H23FN2O2/c1-2-3-13(12-4-6-14(18)7-5-12)10-16(21)19-11-17(22)20-15-8-9-15/h4-7,13,15H,2-3,8-11H2,1H3,(H,19,21)(H,20,22). The molecule has 0 aliphatic heterocycles. The number of hydrogen-bond donors (Lipinski definition) is 2. The van der Waals surface area contributed by atoms with Crippen LogP contribution in [-0.4, -0.2) is 24.4 Å². The van der Waals surface area contributed by atoms with E-state index < -0.39 is 0 Å². The van der Waals surface area contributed by atoms with Crippen molar-refractivity contribution in [3.63, 3.8) is 0 Å². The lowest BCUT2D eigenvalue weighted by molar-refractivity contribution is -0.126. The van der Waals surface area contributed by atoms with Crippen LogP contribution in [0.2, 0.25) is 0 Å². The van der Waals surface area contributed by atoms with Crippen LogP contribution in [0.3, 0.4) is 0 Å². The molecule has 0 saturated heterocycles. The van der Waals surface area contributed by atoms with Crippen LogP contribution in [-0.2, 0) is 9.59 Å². The van der Waals surface area contributed by atoms with E-state index in [-0.39, 0.29) is 30.1 Å². The average Bonchev–Trinajstić information content (AvgIpc) is 3.29. The lowest BCUT2D eigenvalue weighted by Gasteiger charge is -2.16. The Kier molecular flexibility index (Phi) is 5.92. The summed E-state index contributed by atoms with van der Waals surface area (Å²) < 4.78 is 13.0. The number of halogens is 1. The van der Waals surface area contributed by atoms with Gasteiger partial charge in [0, 0.05) is 12.5 Å². The van der Waals surface area contributed by atoms with Gasteiger partial charge in [-0.05, 0) is 42.9 Å². The zero-order valence-corrected chi connectivity index (χ0v) is 12.9. The lowest BCUT2D eigenvalue weighted by atomic mass is 9.91. The van der Waals surface area contributed by atoms with E-state index >= 15 is 0 Å². The van der Waals surface area contributed by atoms with Gasteiger partial charge in [0.05, 0.1) is 6.54 Å². The molecule has 1 aliphatic rings. The van der Waals surface area contributed by atoms with E-state index in [1.807, 2.05) is 0 Å². The predicted molar refractivity (Wildman–Crippen MR) is 82.8 cm³/mol. The van der Waals surface area contributed by atoms with Crippen molar-refractivity contribution in [3.05, 3.63) is 35.6 Å². The number of hydrogen-bond acceptors (Lipinski definition) is 2. The van der Waals surface area contributed by atoms with Crippen molar-refractivity contribution in [2.75, 3.05) is 6.54 Å². The maximum Gasteiger partial charge on any atom is 0.239 e. The van der Waals surface area contributed by atoms with Crippen molar-refractivity contribution in [2.24, 2.45) is 0 Å². The van der Waals surface area contributed by atoms with Crippen LogP contribution < -0.4 is 10.6 Å². The van der Waals surface area contributed by atoms with Crippen LogP contribution in [0.4, 0.5) is 4.39 Å². The zero-order valence-electron chi connectivity index (χ0n) is 12.9. The molecule has 22 heavy (non-hydrogen) atoms. The van der Waals surface area contributed by atoms with Gasteiger partial charge in [0.2, 0.25) is 11.8 Å². The second-order valence-corrected chi connectivity index (χ2v) is 5.86. The molecule has 120 valence electrons. The fourth-order valence-corrected chi connectivity index (χ4v) is 2.45. The van der Waals surface area contributed by atoms with Gasteiger partial charge in [0.1, 0.15) is 5.82 Å². The monoisotopic (exact) mass is 306 g/mol. The summed E-state index contributed by atoms with van der Waals surface area (Å²) in [5.74, 6) is -0.504. The summed E-state index contributed by atoms with van der Waals surface area (Å²) in [6, 6.07) is 6.58. The molecule has 4 nitrogen and oxygen atoms in total. The predicted octanol–water partition coefficient (Wildman–Crippen LogP) is 2.49. The number of nitrogens with one attached hydrogen (secondary N) is 2. The molecule has 2 N–H and O–H groups in total. The minimum atomic E-state index is -0.278. The van der Waals surface area contributed by atoms with Gasteiger partial charge in [-0.25, -0.2) is 4.39 Å². The van der Waals surface area contributed by atoms with Crippen LogP contribution in [0.25, 0.3) is 0 Å². The highest BCUT2D eigenvalue weighted by atomic mass is 19.1. The summed E-state index contributed by atoms with van der Waals surface area (Å²) in [6.07, 6.45) is 4.17. The molecule has 0 aromatic heterocycles. The maximum atomic E-state index is 13.0. The summed E-state index contributed by atoms with van der Waals surface area (Å²) in [4.78, 5) is 23.6. The van der Waals surface area contributed by atoms with E-state index in [0.29, 0.717) is 12.5 Å². The highest BCUT2D eigenvalue weighted by Gasteiger charge is 2.23. The zero-order chi connectivity index (χ0) is 15.9. The summed E-state index contributed by atoms with van der Waals surface area (Å²) in [5.41, 5.74) is 0.959. The molecule has 2 amide bonds. The second kappa shape index (κ2) is 7.92. The third kappa shape index (κ3) is 5.47. The van der Waals surface area contributed by atoms with E-state index in [1.165, 1.54) is 12.1 Å². The molecule has 1 unspecified atom stereocenters. The molecule has 1 fully saturated rings. The van der Waals surface area contributed by atoms with Gasteiger partial charge in [-0.15, -0.1) is 0 Å². The number of carbonyl (C=O) groups excluding carboxylic acids is 2. The number of benzene rings is 1. The van der Waals surface area contributed by atoms with Gasteiger partial charge in [0.25, 0.3) is 0 Å². The first-order valence-corrected chi connectivity index (χ1v) is 7.90. The third-order valence-electron chi connectivity index (χ3n) is 3.80. The number of carbonyl (C=O) groups is 2. The fraction of sp³-hybridized carbons (Fsp3) is 0.529. The second-order valence-electron chi connectivity index (χ2n) is 5.86. The molecule has 2 rings (SSSR count). The van der Waals surface area contributed by atoms with Gasteiger partial charge < -0.3 is 10.6 Å². The van der Waals surface area contributed by atoms with Crippen molar-refractivity contribution >= 4 is 11.8 Å². The third-order valence-corrected chi connectivity index (χ3v) is 3.80. The van der Waals surface area contributed by atoms with Gasteiger partial charge >= 0.3 is 0 Å². The van der Waals surface area contributed by atoms with Crippen LogP contribution in [0.1, 0.15) is 50.5 Å². The first-order chi connectivity index (χ1) is 10.6. The molecule has 1 aromatic carbocycles. The van der Waals surface area contributed by atoms with Gasteiger partial charge in [0.15, 0.2) is 0 Å². The van der Waals surface area contributed by atoms with Crippen molar-refractivity contribution in [1.29, 1.82) is 0 Å². The quantitative estimate of drug-likeness (QED) is 0.775. The summed E-state index contributed by atoms with van der Waals surface area (Å²) in [5, 5.41) is 5.49. The lowest BCUT2D eigenvalue weighted by Crippen LogP contribution is -2.38. The van der Waals surface area contributed by atoms with E-state index in [0.717, 1.165) is 31.2 Å². The molecule has 1 atom stereocenters. The Labute approximate surface area is 130 Å². The fourth-order valence-electron chi connectivity index (χ4n) is 2.45. The first kappa shape index (κ1) is 16.5. The van der Waals surface area contributed by atoms with Crippen LogP contribution in [0.5, 0.6) is 0 Å². The first-order valence-electron chi connectivity index (χ1n) is 7.90. The van der Waals surface area contributed by atoms with Gasteiger partial charge in [-0.2, -0.15) is 0 Å². The van der Waals surface area contributed by atoms with E-state index in [1.54, 1.807) is 12.1 Å². The van der Waals surface area contributed by atoms with E-state index in [4.69, 9.17) is 0 Å². The largest absolute Gasteiger partial charge is 0.352 e. The Bertz CT molecular complexity index is 512. The van der Waals surface area contributed by atoms with Crippen molar-refractivity contribution < 1.29 is 14.0 Å². The molecule has 0 heterocycles. The topological polar surface area (TPSA) is 58.2 Å². The van der Waals surface area contributed by atoms with Crippen LogP contribution in [0.15, 0.2) is 24.3 Å². The van der Waals surface area contributed by atoms with E-state index in [9.17, 15) is 14.0 Å². The molecule has 0 bridgehead atoms. The number of amides is 2. The van der Waals surface area contributed by atoms with Crippen LogP contribution in [0, 0.1) is 5.82 Å². The normalized spacial score (nSPS) is 15.2. The minimum absolute atomic E-state index is 0.0254. The Morgan fingerprint density at radius 1 is 1.23 bits per heavy atom. The smallest absolute Gasteiger partial charge is 0.239 e. The van der Waals surface area contributed by atoms with Gasteiger partial charge in [-0.1, -0.05) is 25.5 Å². The molecular formula is C17H23FN2O2. The Balaban J connectivity index is 1.82. The molecule has 5 heteroatoms. The Hall–Kier alpha value is -1.91. The van der Waals surface area contributed by atoms with E-state index in [2.05, 4.69) is 17.6 Å². The summed E-state index contributed by atoms with van der Waals surface area (Å²) in [7, 11) is 0. The van der Waals surface area contributed by atoms with Crippen LogP contribution >= 0.6 is 0 Å². The highest BCUT2D eigenvalue weighted by Crippen LogP contribution is 2.25. The molecule has 1 saturated carbocycles. The Morgan fingerprint density at radius 2 is 1.91 bits per heavy atom. The SMILES string of the molecule is CCCC(CC(=O)NCC(=O)NC1CC1)c1ccc(F)cc1. The molecule has 0 spiro atoms. The average molecular weight is 306 g/mol.